The molecule has 0 aliphatic rings. The topological polar surface area (TPSA) is 57.9 Å². The highest BCUT2D eigenvalue weighted by Crippen LogP contribution is 2.26. The van der Waals surface area contributed by atoms with Crippen molar-refractivity contribution in [2.24, 2.45) is 0 Å². The number of hydrogen-bond acceptors (Lipinski definition) is 3. The predicted molar refractivity (Wildman–Crippen MR) is 78.5 cm³/mol. The van der Waals surface area contributed by atoms with Crippen molar-refractivity contribution >= 4 is 33.0 Å². The van der Waals surface area contributed by atoms with E-state index in [9.17, 15) is 8.42 Å². The van der Waals surface area contributed by atoms with Crippen molar-refractivity contribution in [3.8, 4) is 6.07 Å². The van der Waals surface area contributed by atoms with E-state index in [1.54, 1.807) is 24.3 Å². The average molecular weight is 326 g/mol. The summed E-state index contributed by atoms with van der Waals surface area (Å²) in [6.07, 6.45) is 0. The molecular formula is C14H9Cl2NO2S. The van der Waals surface area contributed by atoms with Gasteiger partial charge in [0.15, 0.2) is 9.84 Å². The van der Waals surface area contributed by atoms with Crippen LogP contribution in [0.4, 0.5) is 0 Å². The minimum atomic E-state index is -3.53. The van der Waals surface area contributed by atoms with Crippen molar-refractivity contribution in [3.05, 3.63) is 63.6 Å². The molecular weight excluding hydrogens is 317 g/mol. The van der Waals surface area contributed by atoms with Crippen molar-refractivity contribution in [3.63, 3.8) is 0 Å². The maximum atomic E-state index is 12.3. The van der Waals surface area contributed by atoms with E-state index >= 15 is 0 Å². The molecule has 0 aliphatic carbocycles. The third kappa shape index (κ3) is 3.31. The van der Waals surface area contributed by atoms with Crippen LogP contribution in [0.3, 0.4) is 0 Å². The Kier molecular flexibility index (Phi) is 4.34. The van der Waals surface area contributed by atoms with Crippen LogP contribution in [0, 0.1) is 11.3 Å². The summed E-state index contributed by atoms with van der Waals surface area (Å²) in [5.41, 5.74) is 0.974. The van der Waals surface area contributed by atoms with Gasteiger partial charge in [-0.25, -0.2) is 8.42 Å². The van der Waals surface area contributed by atoms with Crippen molar-refractivity contribution in [2.45, 2.75) is 10.6 Å². The number of sulfone groups is 1. The quantitative estimate of drug-likeness (QED) is 0.861. The molecule has 0 heterocycles. The van der Waals surface area contributed by atoms with Gasteiger partial charge in [-0.15, -0.1) is 0 Å². The van der Waals surface area contributed by atoms with Gasteiger partial charge in [-0.3, -0.25) is 0 Å². The molecule has 102 valence electrons. The van der Waals surface area contributed by atoms with Crippen molar-refractivity contribution < 1.29 is 8.42 Å². The van der Waals surface area contributed by atoms with Crippen molar-refractivity contribution in [1.29, 1.82) is 5.26 Å². The zero-order valence-corrected chi connectivity index (χ0v) is 12.5. The summed E-state index contributed by atoms with van der Waals surface area (Å²) >= 11 is 11.6. The average Bonchev–Trinajstić information content (AvgIpc) is 2.41. The summed E-state index contributed by atoms with van der Waals surface area (Å²) in [7, 11) is -3.53. The van der Waals surface area contributed by atoms with E-state index in [2.05, 4.69) is 0 Å². The Morgan fingerprint density at radius 2 is 1.80 bits per heavy atom. The van der Waals surface area contributed by atoms with E-state index in [0.29, 0.717) is 16.1 Å². The first-order chi connectivity index (χ1) is 9.42. The summed E-state index contributed by atoms with van der Waals surface area (Å²) in [5.74, 6) is -0.194. The molecule has 0 amide bonds. The van der Waals surface area contributed by atoms with Gasteiger partial charge in [0.05, 0.1) is 32.3 Å². The molecule has 0 aliphatic heterocycles. The van der Waals surface area contributed by atoms with Gasteiger partial charge in [0.25, 0.3) is 0 Å². The highest BCUT2D eigenvalue weighted by molar-refractivity contribution is 7.90. The number of halogens is 2. The van der Waals surface area contributed by atoms with E-state index < -0.39 is 9.84 Å². The first kappa shape index (κ1) is 14.9. The van der Waals surface area contributed by atoms with Gasteiger partial charge in [0.2, 0.25) is 0 Å². The minimum Gasteiger partial charge on any atom is -0.223 e. The lowest BCUT2D eigenvalue weighted by atomic mass is 10.2. The third-order valence-corrected chi connectivity index (χ3v) is 5.09. The molecule has 6 heteroatoms. The number of hydrogen-bond donors (Lipinski definition) is 0. The molecule has 0 saturated carbocycles. The van der Waals surface area contributed by atoms with Crippen molar-refractivity contribution in [1.82, 2.24) is 0 Å². The summed E-state index contributed by atoms with van der Waals surface area (Å²) < 4.78 is 24.6. The second kappa shape index (κ2) is 5.84. The summed E-state index contributed by atoms with van der Waals surface area (Å²) in [6.45, 7) is 0. The maximum Gasteiger partial charge on any atom is 0.182 e. The third-order valence-electron chi connectivity index (χ3n) is 2.66. The molecule has 0 bridgehead atoms. The lowest BCUT2D eigenvalue weighted by Gasteiger charge is -2.06. The van der Waals surface area contributed by atoms with Crippen LogP contribution in [0.2, 0.25) is 10.0 Å². The van der Waals surface area contributed by atoms with Crippen LogP contribution in [0.5, 0.6) is 0 Å². The molecule has 2 rings (SSSR count). The van der Waals surface area contributed by atoms with Crippen LogP contribution < -0.4 is 0 Å². The molecule has 0 unspecified atom stereocenters. The summed E-state index contributed by atoms with van der Waals surface area (Å²) in [5, 5.41) is 9.31. The number of nitriles is 1. The van der Waals surface area contributed by atoms with Crippen LogP contribution in [-0.4, -0.2) is 8.42 Å². The Balaban J connectivity index is 2.35. The van der Waals surface area contributed by atoms with Crippen LogP contribution in [0.25, 0.3) is 0 Å². The number of nitrogens with zero attached hydrogens (tertiary/aromatic N) is 1. The largest absolute Gasteiger partial charge is 0.223 e. The summed E-state index contributed by atoms with van der Waals surface area (Å²) in [6, 6.07) is 12.6. The van der Waals surface area contributed by atoms with E-state index in [4.69, 9.17) is 28.5 Å². The van der Waals surface area contributed by atoms with Gasteiger partial charge in [-0.2, -0.15) is 5.26 Å². The van der Waals surface area contributed by atoms with Crippen LogP contribution in [0.1, 0.15) is 11.1 Å². The predicted octanol–water partition coefficient (Wildman–Crippen LogP) is 3.84. The molecule has 0 atom stereocenters. The standard InChI is InChI=1S/C14H9Cl2NO2S/c15-13-5-4-12(7-14(13)16)20(18,19)9-11-3-1-2-10(6-11)8-17/h1-7H,9H2. The normalized spacial score (nSPS) is 11.1. The molecule has 0 spiro atoms. The molecule has 2 aromatic rings. The molecule has 0 N–H and O–H groups in total. The van der Waals surface area contributed by atoms with Crippen LogP contribution >= 0.6 is 23.2 Å². The van der Waals surface area contributed by atoms with Gasteiger partial charge in [0, 0.05) is 0 Å². The zero-order valence-electron chi connectivity index (χ0n) is 10.2. The number of rotatable bonds is 3. The lowest BCUT2D eigenvalue weighted by molar-refractivity contribution is 0.595. The SMILES string of the molecule is N#Cc1cccc(CS(=O)(=O)c2ccc(Cl)c(Cl)c2)c1. The van der Waals surface area contributed by atoms with Crippen LogP contribution in [-0.2, 0) is 15.6 Å². The Morgan fingerprint density at radius 3 is 2.45 bits per heavy atom. The molecule has 0 fully saturated rings. The monoisotopic (exact) mass is 325 g/mol. The van der Waals surface area contributed by atoms with Gasteiger partial charge in [-0.1, -0.05) is 35.3 Å². The van der Waals surface area contributed by atoms with Gasteiger partial charge < -0.3 is 0 Å². The Morgan fingerprint density at radius 1 is 1.05 bits per heavy atom. The van der Waals surface area contributed by atoms with Crippen molar-refractivity contribution in [2.75, 3.05) is 0 Å². The molecule has 2 aromatic carbocycles. The Labute approximate surface area is 127 Å². The molecule has 0 radical (unpaired) electrons. The maximum absolute atomic E-state index is 12.3. The fourth-order valence-electron chi connectivity index (χ4n) is 1.70. The lowest BCUT2D eigenvalue weighted by Crippen LogP contribution is -2.05. The Bertz CT molecular complexity index is 795. The minimum absolute atomic E-state index is 0.106. The van der Waals surface area contributed by atoms with E-state index in [1.807, 2.05) is 6.07 Å². The molecule has 0 aromatic heterocycles. The first-order valence-electron chi connectivity index (χ1n) is 5.59. The van der Waals surface area contributed by atoms with Gasteiger partial charge >= 0.3 is 0 Å². The van der Waals surface area contributed by atoms with Gasteiger partial charge in [0.1, 0.15) is 0 Å². The second-order valence-corrected chi connectivity index (χ2v) is 6.95. The van der Waals surface area contributed by atoms with Crippen LogP contribution in [0.15, 0.2) is 47.4 Å². The van der Waals surface area contributed by atoms with E-state index in [0.717, 1.165) is 0 Å². The first-order valence-corrected chi connectivity index (χ1v) is 8.00. The summed E-state index contributed by atoms with van der Waals surface area (Å²) in [4.78, 5) is 0.106. The smallest absolute Gasteiger partial charge is 0.182 e. The fourth-order valence-corrected chi connectivity index (χ4v) is 3.42. The van der Waals surface area contributed by atoms with E-state index in [-0.39, 0.29) is 15.7 Å². The highest BCUT2D eigenvalue weighted by atomic mass is 35.5. The molecule has 0 saturated heterocycles. The zero-order chi connectivity index (χ0) is 14.8. The Hall–Kier alpha value is -1.54. The molecule has 3 nitrogen and oxygen atoms in total. The fraction of sp³-hybridized carbons (Fsp3) is 0.0714. The van der Waals surface area contributed by atoms with Gasteiger partial charge in [-0.05, 0) is 35.9 Å². The molecule has 20 heavy (non-hydrogen) atoms. The van der Waals surface area contributed by atoms with E-state index in [1.165, 1.54) is 18.2 Å². The second-order valence-electron chi connectivity index (χ2n) is 4.15. The highest BCUT2D eigenvalue weighted by Gasteiger charge is 2.16. The number of benzene rings is 2.